The first-order valence-corrected chi connectivity index (χ1v) is 16.8. The Bertz CT molecular complexity index is 2050. The topological polar surface area (TPSA) is 152 Å². The molecule has 1 amide bonds. The molecule has 1 atom stereocenters. The number of anilines is 2. The number of halogens is 2. The van der Waals surface area contributed by atoms with Gasteiger partial charge in [-0.05, 0) is 67.9 Å². The fraction of sp³-hybridized carbons (Fsp3) is 0.133. The van der Waals surface area contributed by atoms with E-state index in [4.69, 9.17) is 23.2 Å². The Labute approximate surface area is 298 Å². The maximum Gasteiger partial charge on any atom is 1.00 e. The number of hydrazone groups is 1. The predicted octanol–water partition coefficient (Wildman–Crippen LogP) is 3.48. The van der Waals surface area contributed by atoms with Crippen LogP contribution >= 0.6 is 23.2 Å². The van der Waals surface area contributed by atoms with Gasteiger partial charge in [0.05, 0.1) is 49.2 Å². The van der Waals surface area contributed by atoms with Gasteiger partial charge in [0, 0.05) is 0 Å². The molecule has 232 valence electrons. The van der Waals surface area contributed by atoms with Crippen molar-refractivity contribution in [2.24, 2.45) is 15.3 Å². The normalized spacial score (nSPS) is 15.2. The van der Waals surface area contributed by atoms with Crippen molar-refractivity contribution < 1.29 is 55.7 Å². The summed E-state index contributed by atoms with van der Waals surface area (Å²) in [6.45, 7) is 3.52. The number of benzene rings is 4. The minimum atomic E-state index is -4.89. The molecule has 1 aliphatic heterocycles. The third kappa shape index (κ3) is 7.69. The van der Waals surface area contributed by atoms with Crippen molar-refractivity contribution in [3.8, 4) is 0 Å². The molecule has 0 bridgehead atoms. The number of carbonyl (C=O) groups excluding carboxylic acids is 1. The molecule has 0 saturated carbocycles. The Hall–Kier alpha value is -3.14. The van der Waals surface area contributed by atoms with Crippen molar-refractivity contribution in [2.45, 2.75) is 36.2 Å². The summed E-state index contributed by atoms with van der Waals surface area (Å²) >= 11 is 12.1. The maximum absolute atomic E-state index is 13.7. The second-order valence-corrected chi connectivity index (χ2v) is 14.0. The molecular weight excluding hydrogens is 684 g/mol. The van der Waals surface area contributed by atoms with E-state index in [0.29, 0.717) is 11.4 Å². The Kier molecular flexibility index (Phi) is 11.1. The SMILES string of the molecule is CC1=NN(c2cc(Cl)c(S(=O)(=O)[O-])cc2Cl)C(=O)C1N=Nc1ccc(N(Cc2ccccc2)S(=O)(=O)c2ccc(C)cc2)cc1.[Na+]. The van der Waals surface area contributed by atoms with Crippen LogP contribution in [0.1, 0.15) is 18.1 Å². The fourth-order valence-electron chi connectivity index (χ4n) is 4.45. The molecule has 0 radical (unpaired) electrons. The van der Waals surface area contributed by atoms with E-state index < -0.39 is 42.0 Å². The smallest absolute Gasteiger partial charge is 0.744 e. The average Bonchev–Trinajstić information content (AvgIpc) is 3.28. The first-order valence-electron chi connectivity index (χ1n) is 13.2. The van der Waals surface area contributed by atoms with Gasteiger partial charge in [-0.25, -0.2) is 16.8 Å². The van der Waals surface area contributed by atoms with E-state index in [-0.39, 0.29) is 57.4 Å². The van der Waals surface area contributed by atoms with Crippen molar-refractivity contribution in [1.82, 2.24) is 0 Å². The van der Waals surface area contributed by atoms with Crippen LogP contribution in [0.5, 0.6) is 0 Å². The molecule has 0 fully saturated rings. The van der Waals surface area contributed by atoms with Crippen LogP contribution in [0.4, 0.5) is 17.1 Å². The number of sulfonamides is 1. The Morgan fingerprint density at radius 2 is 1.52 bits per heavy atom. The summed E-state index contributed by atoms with van der Waals surface area (Å²) in [5.74, 6) is -0.637. The van der Waals surface area contributed by atoms with Gasteiger partial charge in [-0.1, -0.05) is 71.2 Å². The minimum absolute atomic E-state index is 0. The van der Waals surface area contributed by atoms with Crippen LogP contribution in [-0.4, -0.2) is 39.0 Å². The van der Waals surface area contributed by atoms with E-state index in [1.807, 2.05) is 37.3 Å². The molecule has 16 heteroatoms. The summed E-state index contributed by atoms with van der Waals surface area (Å²) in [4.78, 5) is 12.6. The molecule has 0 saturated heterocycles. The van der Waals surface area contributed by atoms with Gasteiger partial charge in [-0.15, -0.1) is 0 Å². The summed E-state index contributed by atoms with van der Waals surface area (Å²) < 4.78 is 63.0. The van der Waals surface area contributed by atoms with Gasteiger partial charge < -0.3 is 4.55 Å². The second kappa shape index (κ2) is 14.3. The molecule has 0 aliphatic carbocycles. The Morgan fingerprint density at radius 3 is 2.13 bits per heavy atom. The quantitative estimate of drug-likeness (QED) is 0.148. The standard InChI is InChI=1S/C30H25Cl2N5O6S2.Na/c1-19-8-14-24(15-9-19)44(39,40)36(18-21-6-4-3-5-7-21)23-12-10-22(11-13-23)33-34-29-20(2)35-37(30(29)38)27-16-26(32)28(17-25(27)31)45(41,42)43;/h3-17,29H,18H2,1-2H3,(H,41,42,43);/q;+1/p-1. The van der Waals surface area contributed by atoms with Crippen LogP contribution in [0.25, 0.3) is 0 Å². The Morgan fingerprint density at radius 1 is 0.891 bits per heavy atom. The van der Waals surface area contributed by atoms with Crippen LogP contribution in [0.3, 0.4) is 0 Å². The van der Waals surface area contributed by atoms with Gasteiger partial charge >= 0.3 is 29.6 Å². The van der Waals surface area contributed by atoms with E-state index in [2.05, 4.69) is 15.3 Å². The molecule has 4 aromatic rings. The first-order chi connectivity index (χ1) is 21.3. The van der Waals surface area contributed by atoms with Gasteiger partial charge in [-0.3, -0.25) is 9.10 Å². The van der Waals surface area contributed by atoms with Crippen molar-refractivity contribution in [3.63, 3.8) is 0 Å². The van der Waals surface area contributed by atoms with E-state index in [0.717, 1.165) is 28.3 Å². The van der Waals surface area contributed by atoms with Gasteiger partial charge in [-0.2, -0.15) is 20.3 Å². The Balaban J connectivity index is 0.00000480. The summed E-state index contributed by atoms with van der Waals surface area (Å²) in [6.07, 6.45) is 0. The van der Waals surface area contributed by atoms with Crippen molar-refractivity contribution in [2.75, 3.05) is 9.31 Å². The molecule has 0 aromatic heterocycles. The maximum atomic E-state index is 13.7. The summed E-state index contributed by atoms with van der Waals surface area (Å²) in [5.41, 5.74) is 2.70. The van der Waals surface area contributed by atoms with Gasteiger partial charge in [0.15, 0.2) is 6.04 Å². The third-order valence-corrected chi connectivity index (χ3v) is 10.2. The molecule has 1 unspecified atom stereocenters. The molecule has 0 N–H and O–H groups in total. The van der Waals surface area contributed by atoms with Crippen LogP contribution in [0.15, 0.2) is 116 Å². The number of carbonyl (C=O) groups is 1. The van der Waals surface area contributed by atoms with E-state index >= 15 is 0 Å². The number of amides is 1. The second-order valence-electron chi connectivity index (χ2n) is 10.0. The number of rotatable bonds is 9. The van der Waals surface area contributed by atoms with E-state index in [9.17, 15) is 26.2 Å². The molecular formula is C30H24Cl2N5NaO6S2. The third-order valence-electron chi connectivity index (χ3n) is 6.80. The minimum Gasteiger partial charge on any atom is -0.744 e. The van der Waals surface area contributed by atoms with Crippen LogP contribution in [0, 0.1) is 6.92 Å². The molecule has 46 heavy (non-hydrogen) atoms. The molecule has 4 aromatic carbocycles. The van der Waals surface area contributed by atoms with E-state index in [1.54, 1.807) is 55.5 Å². The van der Waals surface area contributed by atoms with Crippen molar-refractivity contribution in [1.29, 1.82) is 0 Å². The zero-order valence-electron chi connectivity index (χ0n) is 24.7. The largest absolute Gasteiger partial charge is 1.00 e. The zero-order chi connectivity index (χ0) is 32.5. The summed E-state index contributed by atoms with van der Waals surface area (Å²) in [5, 5.41) is 12.7. The first kappa shape index (κ1) is 35.7. The molecule has 0 spiro atoms. The van der Waals surface area contributed by atoms with Crippen LogP contribution in [-0.2, 0) is 31.5 Å². The predicted molar refractivity (Wildman–Crippen MR) is 171 cm³/mol. The molecule has 1 aliphatic rings. The molecule has 1 heterocycles. The van der Waals surface area contributed by atoms with Gasteiger partial charge in [0.25, 0.3) is 15.9 Å². The van der Waals surface area contributed by atoms with Crippen LogP contribution < -0.4 is 38.9 Å². The monoisotopic (exact) mass is 707 g/mol. The summed E-state index contributed by atoms with van der Waals surface area (Å²) in [6, 6.07) is 22.9. The molecule has 11 nitrogen and oxygen atoms in total. The number of azo groups is 1. The van der Waals surface area contributed by atoms with Gasteiger partial charge in [0.2, 0.25) is 0 Å². The van der Waals surface area contributed by atoms with Crippen LogP contribution in [0.2, 0.25) is 10.0 Å². The average molecular weight is 709 g/mol. The van der Waals surface area contributed by atoms with Crippen molar-refractivity contribution >= 4 is 72.0 Å². The fourth-order valence-corrected chi connectivity index (χ4v) is 7.21. The zero-order valence-corrected chi connectivity index (χ0v) is 29.8. The van der Waals surface area contributed by atoms with E-state index in [1.165, 1.54) is 4.31 Å². The number of nitrogens with zero attached hydrogens (tertiary/aromatic N) is 5. The number of aryl methyl sites for hydroxylation is 1. The number of hydrogen-bond donors (Lipinski definition) is 0. The van der Waals surface area contributed by atoms with Crippen molar-refractivity contribution in [3.05, 3.63) is 112 Å². The summed E-state index contributed by atoms with van der Waals surface area (Å²) in [7, 11) is -8.82. The van der Waals surface area contributed by atoms with Gasteiger partial charge in [0.1, 0.15) is 10.1 Å². The number of hydrogen-bond acceptors (Lipinski definition) is 9. The molecule has 5 rings (SSSR count).